The molecule has 0 saturated heterocycles. The van der Waals surface area contributed by atoms with E-state index in [1.807, 2.05) is 0 Å². The van der Waals surface area contributed by atoms with Crippen LogP contribution in [0.25, 0.3) is 32.3 Å². The van der Waals surface area contributed by atoms with Crippen molar-refractivity contribution in [3.05, 3.63) is 58.4 Å². The number of benzene rings is 3. The third-order valence-electron chi connectivity index (χ3n) is 3.38. The molecule has 0 aliphatic heterocycles. The van der Waals surface area contributed by atoms with Crippen LogP contribution < -0.4 is 0 Å². The molecule has 0 amide bonds. The molecule has 0 spiro atoms. The summed E-state index contributed by atoms with van der Waals surface area (Å²) in [4.78, 5) is 4.75. The summed E-state index contributed by atoms with van der Waals surface area (Å²) in [6.07, 6.45) is 0. The Labute approximate surface area is 105 Å². The SMILES string of the molecule is c1ccc2c(c1)ccc1c3c[se]cc3ccc21. The zero-order valence-electron chi connectivity index (χ0n) is 9.18. The fourth-order valence-electron chi connectivity index (χ4n) is 2.54. The topological polar surface area (TPSA) is 0 Å². The molecule has 0 N–H and O–H groups in total. The molecule has 0 bridgehead atoms. The Morgan fingerprint density at radius 3 is 2.24 bits per heavy atom. The van der Waals surface area contributed by atoms with Crippen LogP contribution in [0, 0.1) is 0 Å². The third-order valence-corrected chi connectivity index (χ3v) is 4.98. The van der Waals surface area contributed by atoms with Crippen LogP contribution in [0.5, 0.6) is 0 Å². The summed E-state index contributed by atoms with van der Waals surface area (Å²) in [6.45, 7) is 0. The van der Waals surface area contributed by atoms with E-state index in [4.69, 9.17) is 0 Å². The Kier molecular flexibility index (Phi) is 1.93. The minimum atomic E-state index is 0.544. The van der Waals surface area contributed by atoms with Gasteiger partial charge in [-0.25, -0.2) is 0 Å². The molecule has 1 aromatic heterocycles. The summed E-state index contributed by atoms with van der Waals surface area (Å²) in [7, 11) is 0. The van der Waals surface area contributed by atoms with E-state index in [1.54, 1.807) is 0 Å². The maximum atomic E-state index is 2.39. The van der Waals surface area contributed by atoms with Crippen LogP contribution >= 0.6 is 0 Å². The first kappa shape index (κ1) is 9.47. The van der Waals surface area contributed by atoms with Crippen molar-refractivity contribution in [3.63, 3.8) is 0 Å². The summed E-state index contributed by atoms with van der Waals surface area (Å²) in [5.74, 6) is 0. The molecule has 0 radical (unpaired) electrons. The van der Waals surface area contributed by atoms with E-state index in [2.05, 4.69) is 58.4 Å². The molecule has 1 heteroatoms. The van der Waals surface area contributed by atoms with Gasteiger partial charge in [-0.05, 0) is 0 Å². The molecule has 0 aliphatic carbocycles. The first-order valence-electron chi connectivity index (χ1n) is 5.70. The molecular weight excluding hydrogens is 271 g/mol. The van der Waals surface area contributed by atoms with Crippen molar-refractivity contribution in [1.29, 1.82) is 0 Å². The molecule has 17 heavy (non-hydrogen) atoms. The predicted molar refractivity (Wildman–Crippen MR) is 75.9 cm³/mol. The second-order valence-corrected chi connectivity index (χ2v) is 5.88. The van der Waals surface area contributed by atoms with Gasteiger partial charge >= 0.3 is 105 Å². The Morgan fingerprint density at radius 1 is 0.529 bits per heavy atom. The van der Waals surface area contributed by atoms with Gasteiger partial charge in [-0.2, -0.15) is 0 Å². The van der Waals surface area contributed by atoms with E-state index in [0.717, 1.165) is 0 Å². The average Bonchev–Trinajstić information content (AvgIpc) is 2.86. The summed E-state index contributed by atoms with van der Waals surface area (Å²) in [6, 6.07) is 17.6. The molecule has 3 aromatic carbocycles. The van der Waals surface area contributed by atoms with Crippen LogP contribution in [0.2, 0.25) is 0 Å². The number of rotatable bonds is 0. The Balaban J connectivity index is 2.34. The van der Waals surface area contributed by atoms with Gasteiger partial charge in [-0.15, -0.1) is 0 Å². The van der Waals surface area contributed by atoms with E-state index in [1.165, 1.54) is 32.3 Å². The monoisotopic (exact) mass is 282 g/mol. The van der Waals surface area contributed by atoms with Gasteiger partial charge in [0.2, 0.25) is 0 Å². The molecule has 0 unspecified atom stereocenters. The Morgan fingerprint density at radius 2 is 1.29 bits per heavy atom. The number of hydrogen-bond acceptors (Lipinski definition) is 0. The van der Waals surface area contributed by atoms with Crippen molar-refractivity contribution in [2.75, 3.05) is 0 Å². The molecule has 0 fully saturated rings. The van der Waals surface area contributed by atoms with E-state index < -0.39 is 0 Å². The van der Waals surface area contributed by atoms with Crippen molar-refractivity contribution >= 4 is 46.8 Å². The first-order valence-corrected chi connectivity index (χ1v) is 7.68. The second-order valence-electron chi connectivity index (χ2n) is 4.32. The van der Waals surface area contributed by atoms with E-state index in [-0.39, 0.29) is 0 Å². The van der Waals surface area contributed by atoms with Crippen molar-refractivity contribution in [1.82, 2.24) is 0 Å². The predicted octanol–water partition coefficient (Wildman–Crippen LogP) is 4.20. The molecule has 0 nitrogen and oxygen atoms in total. The Bertz CT molecular complexity index is 840. The van der Waals surface area contributed by atoms with Gasteiger partial charge < -0.3 is 0 Å². The van der Waals surface area contributed by atoms with Crippen LogP contribution in [0.3, 0.4) is 0 Å². The fourth-order valence-corrected chi connectivity index (χ4v) is 4.26. The van der Waals surface area contributed by atoms with E-state index in [9.17, 15) is 0 Å². The van der Waals surface area contributed by atoms with Gasteiger partial charge in [0.1, 0.15) is 0 Å². The van der Waals surface area contributed by atoms with E-state index in [0.29, 0.717) is 14.5 Å². The molecule has 0 atom stereocenters. The quantitative estimate of drug-likeness (QED) is 0.335. The van der Waals surface area contributed by atoms with Crippen molar-refractivity contribution in [3.8, 4) is 0 Å². The summed E-state index contributed by atoms with van der Waals surface area (Å²) in [5.41, 5.74) is 0. The normalized spacial score (nSPS) is 11.5. The minimum absolute atomic E-state index is 0.544. The standard InChI is InChI=1S/C16H10Se/c1-2-4-13-11(3-1)5-7-15-14(13)8-6-12-9-17-10-16(12)15/h1-10H. The zero-order chi connectivity index (χ0) is 11.2. The summed E-state index contributed by atoms with van der Waals surface area (Å²) >= 11 is 0.544. The van der Waals surface area contributed by atoms with Crippen molar-refractivity contribution in [2.24, 2.45) is 0 Å². The fraction of sp³-hybridized carbons (Fsp3) is 0. The summed E-state index contributed by atoms with van der Waals surface area (Å²) in [5, 5.41) is 8.31. The molecule has 4 aromatic rings. The second kappa shape index (κ2) is 3.46. The van der Waals surface area contributed by atoms with Gasteiger partial charge in [0.25, 0.3) is 0 Å². The molecule has 1 heterocycles. The van der Waals surface area contributed by atoms with Crippen LogP contribution in [0.4, 0.5) is 0 Å². The average molecular weight is 281 g/mol. The third kappa shape index (κ3) is 1.30. The van der Waals surface area contributed by atoms with Crippen LogP contribution in [0.15, 0.2) is 58.4 Å². The van der Waals surface area contributed by atoms with Crippen LogP contribution in [0.1, 0.15) is 0 Å². The van der Waals surface area contributed by atoms with Crippen LogP contribution in [-0.4, -0.2) is 14.5 Å². The van der Waals surface area contributed by atoms with Gasteiger partial charge in [0.05, 0.1) is 0 Å². The zero-order valence-corrected chi connectivity index (χ0v) is 10.9. The first-order chi connectivity index (χ1) is 8.43. The Hall–Kier alpha value is -1.56. The number of fused-ring (bicyclic) bond motifs is 5. The van der Waals surface area contributed by atoms with E-state index >= 15 is 0 Å². The van der Waals surface area contributed by atoms with Gasteiger partial charge in [0, 0.05) is 0 Å². The molecule has 0 aliphatic rings. The molecule has 80 valence electrons. The van der Waals surface area contributed by atoms with Gasteiger partial charge in [-0.3, -0.25) is 0 Å². The molecule has 0 saturated carbocycles. The molecule has 4 rings (SSSR count). The van der Waals surface area contributed by atoms with Gasteiger partial charge in [0.15, 0.2) is 0 Å². The van der Waals surface area contributed by atoms with Crippen LogP contribution in [-0.2, 0) is 0 Å². The molecular formula is C16H10Se. The summed E-state index contributed by atoms with van der Waals surface area (Å²) < 4.78 is 0. The van der Waals surface area contributed by atoms with Gasteiger partial charge in [-0.1, -0.05) is 0 Å². The van der Waals surface area contributed by atoms with Crippen molar-refractivity contribution in [2.45, 2.75) is 0 Å². The van der Waals surface area contributed by atoms with Crippen molar-refractivity contribution < 1.29 is 0 Å². The maximum absolute atomic E-state index is 2.39. The number of hydrogen-bond donors (Lipinski definition) is 0.